The standard InChI is InChI=1S/C16H17ClN6/c17-15-5-6-18-16(21-15)23-7-1-2-13(10-23)20-12-3-4-14-11(8-12)9-19-22-14/h3-6,8-9,13,20H,1-2,7,10H2,(H,19,22). The van der Waals surface area contributed by atoms with Gasteiger partial charge in [-0.15, -0.1) is 0 Å². The summed E-state index contributed by atoms with van der Waals surface area (Å²) in [4.78, 5) is 10.8. The predicted molar refractivity (Wildman–Crippen MR) is 92.0 cm³/mol. The Morgan fingerprint density at radius 2 is 2.26 bits per heavy atom. The summed E-state index contributed by atoms with van der Waals surface area (Å²) in [6.45, 7) is 1.82. The third kappa shape index (κ3) is 3.07. The second-order valence-corrected chi connectivity index (χ2v) is 6.17. The minimum Gasteiger partial charge on any atom is -0.381 e. The van der Waals surface area contributed by atoms with Gasteiger partial charge in [-0.2, -0.15) is 5.10 Å². The molecule has 2 N–H and O–H groups in total. The van der Waals surface area contributed by atoms with Gasteiger partial charge in [-0.05, 0) is 37.1 Å². The molecule has 1 unspecified atom stereocenters. The molecule has 0 bridgehead atoms. The van der Waals surface area contributed by atoms with Gasteiger partial charge in [-0.25, -0.2) is 9.97 Å². The second-order valence-electron chi connectivity index (χ2n) is 5.78. The molecule has 4 rings (SSSR count). The van der Waals surface area contributed by atoms with Crippen LogP contribution >= 0.6 is 11.6 Å². The van der Waals surface area contributed by atoms with E-state index in [1.165, 1.54) is 0 Å². The van der Waals surface area contributed by atoms with E-state index in [-0.39, 0.29) is 0 Å². The molecule has 118 valence electrons. The molecule has 0 amide bonds. The van der Waals surface area contributed by atoms with Crippen LogP contribution in [-0.2, 0) is 0 Å². The third-order valence-corrected chi connectivity index (χ3v) is 4.33. The lowest BCUT2D eigenvalue weighted by Crippen LogP contribution is -2.42. The van der Waals surface area contributed by atoms with Crippen LogP contribution in [0.5, 0.6) is 0 Å². The van der Waals surface area contributed by atoms with Crippen molar-refractivity contribution in [3.05, 3.63) is 41.8 Å². The fraction of sp³-hybridized carbons (Fsp3) is 0.312. The summed E-state index contributed by atoms with van der Waals surface area (Å²) in [5.41, 5.74) is 2.16. The molecule has 0 saturated carbocycles. The molecular weight excluding hydrogens is 312 g/mol. The molecule has 2 aromatic heterocycles. The van der Waals surface area contributed by atoms with Gasteiger partial charge in [0.1, 0.15) is 5.15 Å². The number of hydrogen-bond acceptors (Lipinski definition) is 5. The first-order valence-corrected chi connectivity index (χ1v) is 8.09. The van der Waals surface area contributed by atoms with E-state index in [1.54, 1.807) is 12.3 Å². The lowest BCUT2D eigenvalue weighted by atomic mass is 10.1. The fourth-order valence-electron chi connectivity index (χ4n) is 3.02. The molecule has 1 aliphatic rings. The summed E-state index contributed by atoms with van der Waals surface area (Å²) in [5.74, 6) is 0.703. The van der Waals surface area contributed by atoms with Crippen LogP contribution in [0.25, 0.3) is 10.9 Å². The van der Waals surface area contributed by atoms with Crippen LogP contribution in [0.1, 0.15) is 12.8 Å². The summed E-state index contributed by atoms with van der Waals surface area (Å²) >= 11 is 5.97. The number of anilines is 2. The molecule has 1 aliphatic heterocycles. The Labute approximate surface area is 138 Å². The topological polar surface area (TPSA) is 69.7 Å². The maximum atomic E-state index is 5.97. The van der Waals surface area contributed by atoms with Crippen LogP contribution < -0.4 is 10.2 Å². The lowest BCUT2D eigenvalue weighted by molar-refractivity contribution is 0.523. The first-order chi connectivity index (χ1) is 11.3. The average molecular weight is 329 g/mol. The number of fused-ring (bicyclic) bond motifs is 1. The Kier molecular flexibility index (Phi) is 3.75. The van der Waals surface area contributed by atoms with Crippen molar-refractivity contribution in [3.63, 3.8) is 0 Å². The first kappa shape index (κ1) is 14.3. The Hall–Kier alpha value is -2.34. The number of halogens is 1. The van der Waals surface area contributed by atoms with E-state index < -0.39 is 0 Å². The maximum absolute atomic E-state index is 5.97. The zero-order valence-corrected chi connectivity index (χ0v) is 13.3. The molecule has 7 heteroatoms. The van der Waals surface area contributed by atoms with Gasteiger partial charge in [0.25, 0.3) is 0 Å². The predicted octanol–water partition coefficient (Wildman–Crippen LogP) is 3.09. The Morgan fingerprint density at radius 1 is 1.30 bits per heavy atom. The highest BCUT2D eigenvalue weighted by Gasteiger charge is 2.21. The van der Waals surface area contributed by atoms with Crippen molar-refractivity contribution >= 4 is 34.1 Å². The molecule has 6 nitrogen and oxygen atoms in total. The van der Waals surface area contributed by atoms with Gasteiger partial charge in [0.05, 0.1) is 11.7 Å². The van der Waals surface area contributed by atoms with Gasteiger partial charge in [-0.3, -0.25) is 5.10 Å². The minimum atomic E-state index is 0.357. The summed E-state index contributed by atoms with van der Waals surface area (Å²) in [6, 6.07) is 8.30. The van der Waals surface area contributed by atoms with Gasteiger partial charge in [-0.1, -0.05) is 11.6 Å². The smallest absolute Gasteiger partial charge is 0.226 e. The number of nitrogens with one attached hydrogen (secondary N) is 2. The van der Waals surface area contributed by atoms with Crippen molar-refractivity contribution in [2.24, 2.45) is 0 Å². The normalized spacial score (nSPS) is 18.3. The van der Waals surface area contributed by atoms with Crippen LogP contribution in [0.15, 0.2) is 36.7 Å². The number of hydrogen-bond donors (Lipinski definition) is 2. The molecule has 0 aliphatic carbocycles. The van der Waals surface area contributed by atoms with E-state index in [2.05, 4.69) is 42.5 Å². The first-order valence-electron chi connectivity index (χ1n) is 7.71. The monoisotopic (exact) mass is 328 g/mol. The van der Waals surface area contributed by atoms with Gasteiger partial charge < -0.3 is 10.2 Å². The SMILES string of the molecule is Clc1ccnc(N2CCCC(Nc3ccc4[nH]ncc4c3)C2)n1. The number of nitrogens with zero attached hydrogens (tertiary/aromatic N) is 4. The number of aromatic nitrogens is 4. The van der Waals surface area contributed by atoms with Crippen LogP contribution in [0.2, 0.25) is 5.15 Å². The molecule has 0 radical (unpaired) electrons. The number of rotatable bonds is 3. The van der Waals surface area contributed by atoms with E-state index in [4.69, 9.17) is 11.6 Å². The van der Waals surface area contributed by atoms with Gasteiger partial charge >= 0.3 is 0 Å². The van der Waals surface area contributed by atoms with Crippen molar-refractivity contribution in [1.29, 1.82) is 0 Å². The molecular formula is C16H17ClN6. The lowest BCUT2D eigenvalue weighted by Gasteiger charge is -2.33. The fourth-order valence-corrected chi connectivity index (χ4v) is 3.16. The largest absolute Gasteiger partial charge is 0.381 e. The Morgan fingerprint density at radius 3 is 3.17 bits per heavy atom. The van der Waals surface area contributed by atoms with Crippen molar-refractivity contribution in [2.45, 2.75) is 18.9 Å². The molecule has 1 atom stereocenters. The van der Waals surface area contributed by atoms with E-state index in [9.17, 15) is 0 Å². The number of piperidine rings is 1. The second kappa shape index (κ2) is 6.04. The van der Waals surface area contributed by atoms with Crippen LogP contribution in [0.3, 0.4) is 0 Å². The zero-order chi connectivity index (χ0) is 15.6. The van der Waals surface area contributed by atoms with Crippen LogP contribution in [-0.4, -0.2) is 39.3 Å². The molecule has 1 fully saturated rings. The summed E-state index contributed by atoms with van der Waals surface area (Å²) in [7, 11) is 0. The molecule has 1 saturated heterocycles. The van der Waals surface area contributed by atoms with Gasteiger partial charge in [0.15, 0.2) is 0 Å². The Bertz CT molecular complexity index is 817. The zero-order valence-electron chi connectivity index (χ0n) is 12.5. The van der Waals surface area contributed by atoms with Crippen molar-refractivity contribution in [2.75, 3.05) is 23.3 Å². The molecule has 1 aromatic carbocycles. The Balaban J connectivity index is 1.48. The van der Waals surface area contributed by atoms with Gasteiger partial charge in [0.2, 0.25) is 5.95 Å². The van der Waals surface area contributed by atoms with Crippen molar-refractivity contribution < 1.29 is 0 Å². The van der Waals surface area contributed by atoms with Crippen LogP contribution in [0.4, 0.5) is 11.6 Å². The van der Waals surface area contributed by atoms with E-state index in [0.717, 1.165) is 42.5 Å². The molecule has 0 spiro atoms. The quantitative estimate of drug-likeness (QED) is 0.723. The van der Waals surface area contributed by atoms with Crippen LogP contribution in [0, 0.1) is 0 Å². The number of aromatic amines is 1. The minimum absolute atomic E-state index is 0.357. The summed E-state index contributed by atoms with van der Waals surface area (Å²) in [5, 5.41) is 12.2. The van der Waals surface area contributed by atoms with Crippen molar-refractivity contribution in [3.8, 4) is 0 Å². The summed E-state index contributed by atoms with van der Waals surface area (Å²) < 4.78 is 0. The molecule has 3 heterocycles. The molecule has 23 heavy (non-hydrogen) atoms. The maximum Gasteiger partial charge on any atom is 0.226 e. The highest BCUT2D eigenvalue weighted by molar-refractivity contribution is 6.29. The highest BCUT2D eigenvalue weighted by atomic mass is 35.5. The summed E-state index contributed by atoms with van der Waals surface area (Å²) in [6.07, 6.45) is 5.77. The highest BCUT2D eigenvalue weighted by Crippen LogP contribution is 2.22. The third-order valence-electron chi connectivity index (χ3n) is 4.12. The average Bonchev–Trinajstić information content (AvgIpc) is 3.03. The molecule has 3 aromatic rings. The van der Waals surface area contributed by atoms with E-state index >= 15 is 0 Å². The van der Waals surface area contributed by atoms with E-state index in [0.29, 0.717) is 17.1 Å². The van der Waals surface area contributed by atoms with E-state index in [1.807, 2.05) is 12.3 Å². The van der Waals surface area contributed by atoms with Gasteiger partial charge in [0, 0.05) is 36.4 Å². The van der Waals surface area contributed by atoms with Crippen molar-refractivity contribution in [1.82, 2.24) is 20.2 Å². The number of H-pyrrole nitrogens is 1. The number of benzene rings is 1.